The van der Waals surface area contributed by atoms with E-state index in [4.69, 9.17) is 16.7 Å². The molecule has 176 valence electrons. The monoisotopic (exact) mass is 479 g/mol. The molecular formula is C20H22ClN5O7. The highest BCUT2D eigenvalue weighted by atomic mass is 35.5. The Morgan fingerprint density at radius 3 is 2.61 bits per heavy atom. The second-order valence-corrected chi connectivity index (χ2v) is 7.88. The average Bonchev–Trinajstić information content (AvgIpc) is 2.90. The molecular weight excluding hydrogens is 458 g/mol. The van der Waals surface area contributed by atoms with Crippen LogP contribution in [-0.4, -0.2) is 81.3 Å². The molecule has 13 heteroatoms. The normalized spacial score (nSPS) is 19.3. The lowest BCUT2D eigenvalue weighted by Crippen LogP contribution is -2.64. The van der Waals surface area contributed by atoms with Crippen LogP contribution in [0.1, 0.15) is 36.0 Å². The summed E-state index contributed by atoms with van der Waals surface area (Å²) in [5.41, 5.74) is 2.55. The number of nitrogens with zero attached hydrogens (tertiary/aromatic N) is 3. The highest BCUT2D eigenvalue weighted by Gasteiger charge is 2.44. The number of aliphatic carboxylic acids is 1. The molecule has 0 bridgehead atoms. The molecule has 0 saturated carbocycles. The molecule has 2 aliphatic rings. The van der Waals surface area contributed by atoms with Crippen LogP contribution in [0.3, 0.4) is 0 Å². The van der Waals surface area contributed by atoms with Gasteiger partial charge in [-0.25, -0.2) is 19.8 Å². The van der Waals surface area contributed by atoms with Gasteiger partial charge in [0.05, 0.1) is 29.6 Å². The number of hydrogen-bond donors (Lipinski definition) is 3. The van der Waals surface area contributed by atoms with Crippen LogP contribution in [0.4, 0.5) is 4.79 Å². The molecule has 1 aromatic rings. The molecule has 2 heterocycles. The van der Waals surface area contributed by atoms with Gasteiger partial charge in [-0.2, -0.15) is 0 Å². The molecule has 33 heavy (non-hydrogen) atoms. The minimum Gasteiger partial charge on any atom is -0.481 e. The van der Waals surface area contributed by atoms with Gasteiger partial charge in [0.2, 0.25) is 11.8 Å². The number of hydrogen-bond acceptors (Lipinski definition) is 6. The van der Waals surface area contributed by atoms with Crippen LogP contribution in [-0.2, 0) is 19.2 Å². The number of urea groups is 1. The number of aldehydes is 1. The summed E-state index contributed by atoms with van der Waals surface area (Å²) in [6, 6.07) is 2.93. The first kappa shape index (κ1) is 24.0. The van der Waals surface area contributed by atoms with E-state index in [9.17, 15) is 28.8 Å². The van der Waals surface area contributed by atoms with E-state index in [-0.39, 0.29) is 42.8 Å². The minimum absolute atomic E-state index is 0.102. The van der Waals surface area contributed by atoms with Gasteiger partial charge in [0.1, 0.15) is 12.3 Å². The predicted molar refractivity (Wildman–Crippen MR) is 112 cm³/mol. The lowest BCUT2D eigenvalue weighted by Gasteiger charge is -2.42. The molecule has 0 aromatic heterocycles. The van der Waals surface area contributed by atoms with Crippen molar-refractivity contribution in [3.63, 3.8) is 0 Å². The first-order valence-corrected chi connectivity index (χ1v) is 10.5. The molecule has 0 spiro atoms. The Morgan fingerprint density at radius 2 is 1.94 bits per heavy atom. The molecule has 2 atom stereocenters. The summed E-state index contributed by atoms with van der Waals surface area (Å²) < 4.78 is 0. The van der Waals surface area contributed by atoms with Crippen LogP contribution in [0.5, 0.6) is 0 Å². The summed E-state index contributed by atoms with van der Waals surface area (Å²) in [5, 5.41) is 14.4. The smallest absolute Gasteiger partial charge is 0.358 e. The maximum Gasteiger partial charge on any atom is 0.358 e. The van der Waals surface area contributed by atoms with Crippen LogP contribution in [0.15, 0.2) is 24.3 Å². The first-order chi connectivity index (χ1) is 15.7. The first-order valence-electron chi connectivity index (χ1n) is 10.2. The molecule has 2 aliphatic heterocycles. The maximum absolute atomic E-state index is 13.3. The Balaban J connectivity index is 1.82. The molecule has 3 rings (SSSR count). The lowest BCUT2D eigenvalue weighted by molar-refractivity contribution is -0.155. The zero-order valence-electron chi connectivity index (χ0n) is 17.4. The molecule has 3 N–H and O–H groups in total. The number of nitrogens with one attached hydrogen (secondary N) is 2. The van der Waals surface area contributed by atoms with Gasteiger partial charge in [-0.3, -0.25) is 24.6 Å². The minimum atomic E-state index is -1.29. The third-order valence-corrected chi connectivity index (χ3v) is 5.54. The van der Waals surface area contributed by atoms with Crippen LogP contribution in [0.25, 0.3) is 0 Å². The van der Waals surface area contributed by atoms with Gasteiger partial charge in [0.25, 0.3) is 5.91 Å². The third-order valence-electron chi connectivity index (χ3n) is 5.21. The van der Waals surface area contributed by atoms with Crippen LogP contribution in [0.2, 0.25) is 5.02 Å². The van der Waals surface area contributed by atoms with Crippen LogP contribution < -0.4 is 10.7 Å². The number of amides is 5. The Hall–Kier alpha value is -3.67. The van der Waals surface area contributed by atoms with E-state index in [0.717, 1.165) is 15.0 Å². The van der Waals surface area contributed by atoms with Gasteiger partial charge in [0.15, 0.2) is 0 Å². The van der Waals surface area contributed by atoms with E-state index >= 15 is 0 Å². The fourth-order valence-corrected chi connectivity index (χ4v) is 3.87. The highest BCUT2D eigenvalue weighted by Crippen LogP contribution is 2.24. The standard InChI is InChI=1S/C20H22ClN5O7/c21-14-5-2-1-4-13(14)18(31)23-24-9-7-16(28)25-8-3-6-15(26(25)20(24)33)19(32)22-12(11-27)10-17(29)30/h1-2,4-5,11-12,15H,3,6-10H2,(H,22,32)(H,23,31)(H,29,30)/t12-,15-/m0/s1. The summed E-state index contributed by atoms with van der Waals surface area (Å²) in [4.78, 5) is 73.5. The maximum atomic E-state index is 13.3. The Bertz CT molecular complexity index is 987. The second-order valence-electron chi connectivity index (χ2n) is 7.47. The predicted octanol–water partition coefficient (Wildman–Crippen LogP) is 0.177. The summed E-state index contributed by atoms with van der Waals surface area (Å²) in [5.74, 6) is -3.16. The lowest BCUT2D eigenvalue weighted by atomic mass is 10.1. The zero-order valence-corrected chi connectivity index (χ0v) is 18.2. The summed E-state index contributed by atoms with van der Waals surface area (Å²) in [6.45, 7) is 0.0536. The molecule has 0 aliphatic carbocycles. The van der Waals surface area contributed by atoms with E-state index in [1.54, 1.807) is 12.1 Å². The second kappa shape index (κ2) is 10.3. The number of carboxylic acid groups (broad SMARTS) is 1. The number of rotatable bonds is 7. The van der Waals surface area contributed by atoms with Crippen molar-refractivity contribution >= 4 is 47.6 Å². The van der Waals surface area contributed by atoms with Gasteiger partial charge in [0, 0.05) is 13.0 Å². The van der Waals surface area contributed by atoms with Gasteiger partial charge in [-0.05, 0) is 25.0 Å². The van der Waals surface area contributed by atoms with Crippen molar-refractivity contribution in [2.45, 2.75) is 37.8 Å². The fraction of sp³-hybridized carbons (Fsp3) is 0.400. The van der Waals surface area contributed by atoms with Gasteiger partial charge >= 0.3 is 12.0 Å². The van der Waals surface area contributed by atoms with E-state index in [1.807, 2.05) is 0 Å². The van der Waals surface area contributed by atoms with E-state index in [2.05, 4.69) is 10.7 Å². The van der Waals surface area contributed by atoms with Gasteiger partial charge < -0.3 is 15.2 Å². The average molecular weight is 480 g/mol. The van der Waals surface area contributed by atoms with Crippen molar-refractivity contribution in [2.75, 3.05) is 13.1 Å². The Morgan fingerprint density at radius 1 is 1.21 bits per heavy atom. The van der Waals surface area contributed by atoms with E-state index in [0.29, 0.717) is 6.42 Å². The number of fused-ring (bicyclic) bond motifs is 1. The molecule has 5 amide bonds. The van der Waals surface area contributed by atoms with Crippen molar-refractivity contribution in [1.29, 1.82) is 0 Å². The number of carbonyl (C=O) groups is 6. The Kier molecular flexibility index (Phi) is 7.48. The molecule has 2 fully saturated rings. The van der Waals surface area contributed by atoms with Crippen molar-refractivity contribution < 1.29 is 33.9 Å². The fourth-order valence-electron chi connectivity index (χ4n) is 3.64. The van der Waals surface area contributed by atoms with Crippen LogP contribution in [0, 0.1) is 0 Å². The zero-order chi connectivity index (χ0) is 24.1. The van der Waals surface area contributed by atoms with E-state index in [1.165, 1.54) is 12.1 Å². The number of carbonyl (C=O) groups excluding carboxylic acids is 5. The molecule has 12 nitrogen and oxygen atoms in total. The van der Waals surface area contributed by atoms with Gasteiger partial charge in [-0.15, -0.1) is 0 Å². The quantitative estimate of drug-likeness (QED) is 0.471. The summed E-state index contributed by atoms with van der Waals surface area (Å²) >= 11 is 6.04. The number of hydrazine groups is 2. The number of halogens is 1. The summed E-state index contributed by atoms with van der Waals surface area (Å²) in [6.07, 6.45) is 0.142. The van der Waals surface area contributed by atoms with Crippen molar-refractivity contribution in [1.82, 2.24) is 25.8 Å². The number of carboxylic acids is 1. The third kappa shape index (κ3) is 5.40. The molecule has 0 radical (unpaired) electrons. The van der Waals surface area contributed by atoms with Crippen LogP contribution >= 0.6 is 11.6 Å². The topological polar surface area (TPSA) is 156 Å². The Labute approximate surface area is 193 Å². The molecule has 0 unspecified atom stereocenters. The molecule has 1 aromatic carbocycles. The van der Waals surface area contributed by atoms with Gasteiger partial charge in [-0.1, -0.05) is 23.7 Å². The largest absolute Gasteiger partial charge is 0.481 e. The van der Waals surface area contributed by atoms with E-state index < -0.39 is 48.2 Å². The highest BCUT2D eigenvalue weighted by molar-refractivity contribution is 6.33. The van der Waals surface area contributed by atoms with Crippen molar-refractivity contribution in [3.05, 3.63) is 34.9 Å². The van der Waals surface area contributed by atoms with Crippen molar-refractivity contribution in [2.24, 2.45) is 0 Å². The summed E-state index contributed by atoms with van der Waals surface area (Å²) in [7, 11) is 0. The number of benzene rings is 1. The SMILES string of the molecule is O=C[C@H](CC(=O)O)NC(=O)[C@@H]1CCCN2C(=O)CCN(NC(=O)c3ccccc3Cl)C(=O)N12. The molecule has 2 saturated heterocycles. The van der Waals surface area contributed by atoms with Crippen molar-refractivity contribution in [3.8, 4) is 0 Å².